The number of benzene rings is 1. The summed E-state index contributed by atoms with van der Waals surface area (Å²) >= 11 is 0. The summed E-state index contributed by atoms with van der Waals surface area (Å²) in [6.07, 6.45) is 3.37. The van der Waals surface area contributed by atoms with E-state index in [4.69, 9.17) is 4.74 Å². The molecule has 1 saturated carbocycles. The van der Waals surface area contributed by atoms with Gasteiger partial charge in [-0.15, -0.1) is 0 Å². The van der Waals surface area contributed by atoms with Crippen LogP contribution in [-0.4, -0.2) is 28.9 Å². The summed E-state index contributed by atoms with van der Waals surface area (Å²) < 4.78 is 4.96. The third kappa shape index (κ3) is 4.41. The molecule has 0 heterocycles. The molecule has 1 aliphatic carbocycles. The maximum Gasteiger partial charge on any atom is 0.331 e. The Hall–Kier alpha value is -2.70. The number of carbonyl (C=O) groups is 2. The SMILES string of the molecule is C[C@H](OC(=O)/C=C/c1ccccc1[N+](=O)[O-])C(=O)NC1CC1. The number of rotatable bonds is 6. The first-order valence-electron chi connectivity index (χ1n) is 6.90. The molecule has 0 aromatic heterocycles. The molecule has 0 aliphatic heterocycles. The van der Waals surface area contributed by atoms with Crippen molar-refractivity contribution in [2.45, 2.75) is 31.9 Å². The lowest BCUT2D eigenvalue weighted by Gasteiger charge is -2.11. The Labute approximate surface area is 127 Å². The van der Waals surface area contributed by atoms with Gasteiger partial charge in [-0.1, -0.05) is 12.1 Å². The number of nitro benzene ring substituents is 1. The number of carbonyl (C=O) groups excluding carboxylic acids is 2. The number of hydrogen-bond acceptors (Lipinski definition) is 5. The number of nitrogens with one attached hydrogen (secondary N) is 1. The van der Waals surface area contributed by atoms with E-state index in [2.05, 4.69) is 5.32 Å². The van der Waals surface area contributed by atoms with E-state index in [1.165, 1.54) is 31.2 Å². The minimum atomic E-state index is -0.900. The molecule has 1 aromatic carbocycles. The van der Waals surface area contributed by atoms with E-state index in [-0.39, 0.29) is 17.6 Å². The van der Waals surface area contributed by atoms with Crippen molar-refractivity contribution in [1.29, 1.82) is 0 Å². The van der Waals surface area contributed by atoms with Gasteiger partial charge in [-0.2, -0.15) is 0 Å². The molecule has 0 saturated heterocycles. The summed E-state index contributed by atoms with van der Waals surface area (Å²) in [5.74, 6) is -1.06. The standard InChI is InChI=1S/C15H16N2O5/c1-10(15(19)16-12-7-8-12)22-14(18)9-6-11-4-2-3-5-13(11)17(20)21/h2-6,9-10,12H,7-8H2,1H3,(H,16,19)/b9-6+/t10-/m0/s1. The van der Waals surface area contributed by atoms with Crippen LogP contribution in [0.1, 0.15) is 25.3 Å². The van der Waals surface area contributed by atoms with Crippen molar-refractivity contribution in [2.24, 2.45) is 0 Å². The normalized spacial score (nSPS) is 15.3. The molecule has 0 spiro atoms. The Balaban J connectivity index is 1.93. The third-order valence-electron chi connectivity index (χ3n) is 3.12. The van der Waals surface area contributed by atoms with Gasteiger partial charge in [0.1, 0.15) is 0 Å². The van der Waals surface area contributed by atoms with E-state index in [0.29, 0.717) is 5.56 Å². The number of ether oxygens (including phenoxy) is 1. The summed E-state index contributed by atoms with van der Waals surface area (Å²) in [5, 5.41) is 13.6. The summed E-state index contributed by atoms with van der Waals surface area (Å²) in [7, 11) is 0. The van der Waals surface area contributed by atoms with E-state index in [9.17, 15) is 19.7 Å². The number of esters is 1. The quantitative estimate of drug-likeness (QED) is 0.374. The van der Waals surface area contributed by atoms with Gasteiger partial charge in [-0.25, -0.2) is 4.79 Å². The number of hydrogen-bond donors (Lipinski definition) is 1. The highest BCUT2D eigenvalue weighted by molar-refractivity contribution is 5.91. The van der Waals surface area contributed by atoms with Gasteiger partial charge in [0, 0.05) is 18.2 Å². The molecular formula is C15H16N2O5. The van der Waals surface area contributed by atoms with E-state index >= 15 is 0 Å². The van der Waals surface area contributed by atoms with Crippen LogP contribution in [0.25, 0.3) is 6.08 Å². The molecule has 1 N–H and O–H groups in total. The minimum absolute atomic E-state index is 0.105. The second-order valence-electron chi connectivity index (χ2n) is 5.01. The average molecular weight is 304 g/mol. The lowest BCUT2D eigenvalue weighted by atomic mass is 10.1. The summed E-state index contributed by atoms with van der Waals surface area (Å²) in [6, 6.07) is 6.22. The summed E-state index contributed by atoms with van der Waals surface area (Å²) in [5.41, 5.74) is 0.186. The minimum Gasteiger partial charge on any atom is -0.449 e. The van der Waals surface area contributed by atoms with Crippen molar-refractivity contribution < 1.29 is 19.2 Å². The van der Waals surface area contributed by atoms with Gasteiger partial charge >= 0.3 is 5.97 Å². The predicted octanol–water partition coefficient (Wildman–Crippen LogP) is 1.82. The van der Waals surface area contributed by atoms with Crippen LogP contribution < -0.4 is 5.32 Å². The highest BCUT2D eigenvalue weighted by Crippen LogP contribution is 2.20. The Morgan fingerprint density at radius 3 is 2.73 bits per heavy atom. The first-order chi connectivity index (χ1) is 10.5. The van der Waals surface area contributed by atoms with E-state index in [1.807, 2.05) is 0 Å². The van der Waals surface area contributed by atoms with E-state index in [0.717, 1.165) is 18.9 Å². The summed E-state index contributed by atoms with van der Waals surface area (Å²) in [6.45, 7) is 1.48. The van der Waals surface area contributed by atoms with Crippen LogP contribution in [0.2, 0.25) is 0 Å². The van der Waals surface area contributed by atoms with Crippen molar-refractivity contribution in [2.75, 3.05) is 0 Å². The van der Waals surface area contributed by atoms with Crippen LogP contribution in [0.15, 0.2) is 30.3 Å². The van der Waals surface area contributed by atoms with Gasteiger partial charge in [0.25, 0.3) is 11.6 Å². The molecule has 0 radical (unpaired) electrons. The van der Waals surface area contributed by atoms with E-state index in [1.54, 1.807) is 6.07 Å². The highest BCUT2D eigenvalue weighted by atomic mass is 16.6. The van der Waals surface area contributed by atoms with Crippen molar-refractivity contribution >= 4 is 23.6 Å². The number of nitro groups is 1. The molecule has 116 valence electrons. The lowest BCUT2D eigenvalue weighted by molar-refractivity contribution is -0.385. The van der Waals surface area contributed by atoms with Crippen molar-refractivity contribution in [1.82, 2.24) is 5.32 Å². The topological polar surface area (TPSA) is 98.5 Å². The second kappa shape index (κ2) is 6.84. The lowest BCUT2D eigenvalue weighted by Crippen LogP contribution is -2.36. The predicted molar refractivity (Wildman–Crippen MR) is 78.8 cm³/mol. The van der Waals surface area contributed by atoms with Gasteiger partial charge in [0.15, 0.2) is 6.10 Å². The fourth-order valence-corrected chi connectivity index (χ4v) is 1.77. The fraction of sp³-hybridized carbons (Fsp3) is 0.333. The Morgan fingerprint density at radius 2 is 2.09 bits per heavy atom. The molecule has 1 fully saturated rings. The first-order valence-corrected chi connectivity index (χ1v) is 6.90. The number of para-hydroxylation sites is 1. The molecule has 1 amide bonds. The Kier molecular flexibility index (Phi) is 4.88. The maximum absolute atomic E-state index is 11.7. The first kappa shape index (κ1) is 15.7. The molecule has 0 unspecified atom stereocenters. The summed E-state index contributed by atoms with van der Waals surface area (Å²) in [4.78, 5) is 33.6. The van der Waals surface area contributed by atoms with Crippen LogP contribution in [0, 0.1) is 10.1 Å². The monoisotopic (exact) mass is 304 g/mol. The van der Waals surface area contributed by atoms with Crippen molar-refractivity contribution in [3.05, 3.63) is 46.0 Å². The fourth-order valence-electron chi connectivity index (χ4n) is 1.77. The Bertz CT molecular complexity index is 622. The second-order valence-corrected chi connectivity index (χ2v) is 5.01. The molecular weight excluding hydrogens is 288 g/mol. The van der Waals surface area contributed by atoms with Crippen LogP contribution in [0.3, 0.4) is 0 Å². The zero-order chi connectivity index (χ0) is 16.1. The van der Waals surface area contributed by atoms with Crippen LogP contribution in [0.4, 0.5) is 5.69 Å². The molecule has 0 bridgehead atoms. The zero-order valence-corrected chi connectivity index (χ0v) is 12.0. The smallest absolute Gasteiger partial charge is 0.331 e. The van der Waals surface area contributed by atoms with Crippen molar-refractivity contribution in [3.63, 3.8) is 0 Å². The largest absolute Gasteiger partial charge is 0.449 e. The molecule has 2 rings (SSSR count). The van der Waals surface area contributed by atoms with E-state index < -0.39 is 17.0 Å². The number of amides is 1. The molecule has 1 aromatic rings. The van der Waals surface area contributed by atoms with Crippen LogP contribution in [0.5, 0.6) is 0 Å². The molecule has 1 atom stereocenters. The van der Waals surface area contributed by atoms with Crippen LogP contribution in [-0.2, 0) is 14.3 Å². The van der Waals surface area contributed by atoms with Gasteiger partial charge < -0.3 is 10.1 Å². The van der Waals surface area contributed by atoms with Crippen LogP contribution >= 0.6 is 0 Å². The van der Waals surface area contributed by atoms with Gasteiger partial charge in [0.2, 0.25) is 0 Å². The molecule has 22 heavy (non-hydrogen) atoms. The zero-order valence-electron chi connectivity index (χ0n) is 12.0. The number of nitrogens with zero attached hydrogens (tertiary/aromatic N) is 1. The molecule has 7 heteroatoms. The van der Waals surface area contributed by atoms with Crippen molar-refractivity contribution in [3.8, 4) is 0 Å². The van der Waals surface area contributed by atoms with Gasteiger partial charge in [-0.05, 0) is 31.9 Å². The van der Waals surface area contributed by atoms with Gasteiger partial charge in [0.05, 0.1) is 10.5 Å². The average Bonchev–Trinajstić information content (AvgIpc) is 3.29. The molecule has 7 nitrogen and oxygen atoms in total. The maximum atomic E-state index is 11.7. The molecule has 1 aliphatic rings. The Morgan fingerprint density at radius 1 is 1.41 bits per heavy atom. The third-order valence-corrected chi connectivity index (χ3v) is 3.12. The van der Waals surface area contributed by atoms with Gasteiger partial charge in [-0.3, -0.25) is 14.9 Å². The highest BCUT2D eigenvalue weighted by Gasteiger charge is 2.26.